The molecule has 0 N–H and O–H groups in total. The molecule has 6 heteroatoms. The van der Waals surface area contributed by atoms with E-state index in [0.29, 0.717) is 24.3 Å². The van der Waals surface area contributed by atoms with Crippen LogP contribution in [0.25, 0.3) is 0 Å². The predicted molar refractivity (Wildman–Crippen MR) is 107 cm³/mol. The zero-order valence-corrected chi connectivity index (χ0v) is 16.7. The summed E-state index contributed by atoms with van der Waals surface area (Å²) < 4.78 is 5.51. The molecule has 1 aromatic carbocycles. The van der Waals surface area contributed by atoms with Gasteiger partial charge in [-0.1, -0.05) is 23.7 Å². The molecule has 1 atom stereocenters. The Bertz CT molecular complexity index is 619. The number of carbonyl (C=O) groups excluding carboxylic acids is 1. The first-order valence-corrected chi connectivity index (χ1v) is 10.7. The second kappa shape index (κ2) is 8.91. The Kier molecular flexibility index (Phi) is 6.33. The van der Waals surface area contributed by atoms with Gasteiger partial charge in [-0.05, 0) is 56.5 Å². The molecule has 3 heterocycles. The van der Waals surface area contributed by atoms with Crippen molar-refractivity contribution in [1.29, 1.82) is 0 Å². The van der Waals surface area contributed by atoms with E-state index in [1.54, 1.807) is 0 Å². The first-order chi connectivity index (χ1) is 13.2. The Balaban J connectivity index is 1.46. The lowest BCUT2D eigenvalue weighted by Crippen LogP contribution is -2.51. The van der Waals surface area contributed by atoms with Gasteiger partial charge >= 0.3 is 0 Å². The van der Waals surface area contributed by atoms with Crippen LogP contribution in [0.1, 0.15) is 37.3 Å². The molecule has 0 aromatic heterocycles. The molecule has 4 rings (SSSR count). The first-order valence-electron chi connectivity index (χ1n) is 10.3. The van der Waals surface area contributed by atoms with Crippen LogP contribution in [0, 0.1) is 0 Å². The second-order valence-electron chi connectivity index (χ2n) is 7.90. The second-order valence-corrected chi connectivity index (χ2v) is 8.34. The summed E-state index contributed by atoms with van der Waals surface area (Å²) in [5.74, 6) is 0.235. The molecule has 1 aromatic rings. The number of rotatable bonds is 4. The van der Waals surface area contributed by atoms with Crippen molar-refractivity contribution in [1.82, 2.24) is 14.7 Å². The van der Waals surface area contributed by atoms with Crippen molar-refractivity contribution in [2.75, 3.05) is 52.5 Å². The molecule has 5 nitrogen and oxygen atoms in total. The van der Waals surface area contributed by atoms with Gasteiger partial charge in [-0.15, -0.1) is 0 Å². The van der Waals surface area contributed by atoms with Crippen molar-refractivity contribution < 1.29 is 9.53 Å². The maximum absolute atomic E-state index is 13.5. The third-order valence-corrected chi connectivity index (χ3v) is 6.52. The molecule has 27 heavy (non-hydrogen) atoms. The minimum atomic E-state index is -0.227. The number of halogens is 1. The smallest absolute Gasteiger partial charge is 0.244 e. The molecule has 1 unspecified atom stereocenters. The maximum Gasteiger partial charge on any atom is 0.244 e. The number of benzene rings is 1. The van der Waals surface area contributed by atoms with Crippen LogP contribution in [0.3, 0.4) is 0 Å². The number of ether oxygens (including phenoxy) is 1. The van der Waals surface area contributed by atoms with E-state index in [4.69, 9.17) is 16.3 Å². The van der Waals surface area contributed by atoms with Crippen molar-refractivity contribution in [3.05, 3.63) is 34.9 Å². The average Bonchev–Trinajstić information content (AvgIpc) is 3.25. The SMILES string of the molecule is O=C(C(c1ccc(Cl)cc1)N1CCOCC1)N1CCC(N2CCCC2)CC1. The van der Waals surface area contributed by atoms with Crippen LogP contribution < -0.4 is 0 Å². The highest BCUT2D eigenvalue weighted by molar-refractivity contribution is 6.30. The van der Waals surface area contributed by atoms with E-state index in [9.17, 15) is 4.79 Å². The van der Waals surface area contributed by atoms with Crippen molar-refractivity contribution in [2.24, 2.45) is 0 Å². The fourth-order valence-corrected chi connectivity index (χ4v) is 4.85. The number of hydrogen-bond acceptors (Lipinski definition) is 4. The van der Waals surface area contributed by atoms with Gasteiger partial charge in [0.1, 0.15) is 6.04 Å². The van der Waals surface area contributed by atoms with Gasteiger partial charge in [0.2, 0.25) is 5.91 Å². The normalized spacial score (nSPS) is 24.3. The summed E-state index contributed by atoms with van der Waals surface area (Å²) >= 11 is 6.08. The number of hydrogen-bond donors (Lipinski definition) is 0. The summed E-state index contributed by atoms with van der Waals surface area (Å²) in [5, 5.41) is 0.707. The van der Waals surface area contributed by atoms with Gasteiger partial charge in [0, 0.05) is 37.2 Å². The molecular weight excluding hydrogens is 362 g/mol. The third-order valence-electron chi connectivity index (χ3n) is 6.26. The molecule has 1 amide bonds. The first kappa shape index (κ1) is 19.2. The van der Waals surface area contributed by atoms with Gasteiger partial charge in [0.15, 0.2) is 0 Å². The fourth-order valence-electron chi connectivity index (χ4n) is 4.72. The van der Waals surface area contributed by atoms with E-state index >= 15 is 0 Å². The van der Waals surface area contributed by atoms with Crippen LogP contribution in [0.2, 0.25) is 5.02 Å². The molecule has 0 spiro atoms. The van der Waals surface area contributed by atoms with Gasteiger partial charge in [-0.2, -0.15) is 0 Å². The van der Waals surface area contributed by atoms with Crippen molar-refractivity contribution in [3.63, 3.8) is 0 Å². The van der Waals surface area contributed by atoms with Gasteiger partial charge in [0.05, 0.1) is 13.2 Å². The van der Waals surface area contributed by atoms with Crippen LogP contribution in [0.4, 0.5) is 0 Å². The summed E-state index contributed by atoms with van der Waals surface area (Å²) in [4.78, 5) is 20.5. The molecule has 3 aliphatic rings. The quantitative estimate of drug-likeness (QED) is 0.790. The van der Waals surface area contributed by atoms with E-state index in [2.05, 4.69) is 14.7 Å². The Hall–Kier alpha value is -1.14. The Morgan fingerprint density at radius 2 is 1.59 bits per heavy atom. The number of carbonyl (C=O) groups is 1. The van der Waals surface area contributed by atoms with Gasteiger partial charge < -0.3 is 14.5 Å². The van der Waals surface area contributed by atoms with Crippen molar-refractivity contribution in [2.45, 2.75) is 37.8 Å². The van der Waals surface area contributed by atoms with E-state index in [-0.39, 0.29) is 11.9 Å². The van der Waals surface area contributed by atoms with Crippen LogP contribution in [0.15, 0.2) is 24.3 Å². The molecule has 0 aliphatic carbocycles. The minimum Gasteiger partial charge on any atom is -0.379 e. The maximum atomic E-state index is 13.5. The summed E-state index contributed by atoms with van der Waals surface area (Å²) in [7, 11) is 0. The van der Waals surface area contributed by atoms with Crippen molar-refractivity contribution in [3.8, 4) is 0 Å². The van der Waals surface area contributed by atoms with Gasteiger partial charge in [-0.25, -0.2) is 0 Å². The average molecular weight is 392 g/mol. The fraction of sp³-hybridized carbons (Fsp3) is 0.667. The largest absolute Gasteiger partial charge is 0.379 e. The molecular formula is C21H30ClN3O2. The summed E-state index contributed by atoms with van der Waals surface area (Å²) in [6.45, 7) is 7.18. The van der Waals surface area contributed by atoms with Crippen LogP contribution in [-0.4, -0.2) is 79.1 Å². The van der Waals surface area contributed by atoms with Crippen molar-refractivity contribution >= 4 is 17.5 Å². The number of likely N-dealkylation sites (tertiary alicyclic amines) is 2. The van der Waals surface area contributed by atoms with Gasteiger partial charge in [-0.3, -0.25) is 9.69 Å². The van der Waals surface area contributed by atoms with Gasteiger partial charge in [0.25, 0.3) is 0 Å². The standard InChI is InChI=1S/C21H30ClN3O2/c22-18-5-3-17(4-6-18)20(24-13-15-27-16-14-24)21(26)25-11-7-19(8-12-25)23-9-1-2-10-23/h3-6,19-20H,1-2,7-16H2. The molecule has 3 saturated heterocycles. The van der Waals surface area contributed by atoms with Crippen LogP contribution in [-0.2, 0) is 9.53 Å². The molecule has 148 valence electrons. The predicted octanol–water partition coefficient (Wildman–Crippen LogP) is 2.80. The van der Waals surface area contributed by atoms with E-state index < -0.39 is 0 Å². The molecule has 0 radical (unpaired) electrons. The Labute approximate surface area is 167 Å². The molecule has 3 fully saturated rings. The van der Waals surface area contributed by atoms with E-state index in [1.165, 1.54) is 25.9 Å². The molecule has 3 aliphatic heterocycles. The highest BCUT2D eigenvalue weighted by Crippen LogP contribution is 2.28. The lowest BCUT2D eigenvalue weighted by atomic mass is 9.99. The summed E-state index contributed by atoms with van der Waals surface area (Å²) in [5.41, 5.74) is 1.04. The summed E-state index contributed by atoms with van der Waals surface area (Å²) in [6.07, 6.45) is 4.86. The Morgan fingerprint density at radius 1 is 0.963 bits per heavy atom. The number of amides is 1. The topological polar surface area (TPSA) is 36.0 Å². The van der Waals surface area contributed by atoms with E-state index in [0.717, 1.165) is 44.6 Å². The number of nitrogens with zero attached hydrogens (tertiary/aromatic N) is 3. The highest BCUT2D eigenvalue weighted by Gasteiger charge is 2.35. The highest BCUT2D eigenvalue weighted by atomic mass is 35.5. The van der Waals surface area contributed by atoms with Crippen LogP contribution >= 0.6 is 11.6 Å². The van der Waals surface area contributed by atoms with Crippen LogP contribution in [0.5, 0.6) is 0 Å². The monoisotopic (exact) mass is 391 g/mol. The molecule has 0 saturated carbocycles. The number of piperidine rings is 1. The Morgan fingerprint density at radius 3 is 2.22 bits per heavy atom. The lowest BCUT2D eigenvalue weighted by molar-refractivity contribution is -0.140. The minimum absolute atomic E-state index is 0.227. The lowest BCUT2D eigenvalue weighted by Gasteiger charge is -2.41. The summed E-state index contributed by atoms with van der Waals surface area (Å²) in [6, 6.07) is 8.20. The zero-order chi connectivity index (χ0) is 18.6. The third kappa shape index (κ3) is 4.48. The number of morpholine rings is 1. The molecule has 0 bridgehead atoms. The zero-order valence-electron chi connectivity index (χ0n) is 16.0. The van der Waals surface area contributed by atoms with E-state index in [1.807, 2.05) is 24.3 Å².